The van der Waals surface area contributed by atoms with E-state index in [0.717, 1.165) is 40.0 Å². The van der Waals surface area contributed by atoms with Crippen LogP contribution in [0.3, 0.4) is 0 Å². The molecule has 0 unspecified atom stereocenters. The maximum atomic E-state index is 13.1. The minimum absolute atomic E-state index is 0.238. The lowest BCUT2D eigenvalue weighted by molar-refractivity contribution is 0.208. The van der Waals surface area contributed by atoms with Crippen LogP contribution in [0.25, 0.3) is 11.3 Å². The number of ether oxygens (including phenoxy) is 1. The molecule has 1 N–H and O–H groups in total. The molecule has 1 aromatic heterocycles. The van der Waals surface area contributed by atoms with E-state index in [1.165, 1.54) is 55.6 Å². The number of aryl methyl sites for hydroxylation is 1. The van der Waals surface area contributed by atoms with Gasteiger partial charge < -0.3 is 10.1 Å². The van der Waals surface area contributed by atoms with Gasteiger partial charge in [0.25, 0.3) is 0 Å². The fraction of sp³-hybridized carbons (Fsp3) is 0.348. The van der Waals surface area contributed by atoms with Crippen LogP contribution in [0.2, 0.25) is 0 Å². The van der Waals surface area contributed by atoms with Crippen LogP contribution in [0, 0.1) is 18.7 Å². The number of benzene rings is 2. The third kappa shape index (κ3) is 4.71. The van der Waals surface area contributed by atoms with Gasteiger partial charge in [-0.2, -0.15) is 0 Å². The Hall–Kier alpha value is -2.40. The Morgan fingerprint density at radius 1 is 1.11 bits per heavy atom. The zero-order valence-corrected chi connectivity index (χ0v) is 16.9. The van der Waals surface area contributed by atoms with Gasteiger partial charge in [0.1, 0.15) is 11.6 Å². The Morgan fingerprint density at radius 2 is 1.89 bits per heavy atom. The molecule has 0 amide bonds. The lowest BCUT2D eigenvalue weighted by Gasteiger charge is -2.22. The van der Waals surface area contributed by atoms with Gasteiger partial charge in [0.05, 0.1) is 12.3 Å². The lowest BCUT2D eigenvalue weighted by Crippen LogP contribution is -2.15. The molecule has 3 nitrogen and oxygen atoms in total. The molecule has 0 radical (unpaired) electrons. The second-order valence-electron chi connectivity index (χ2n) is 7.47. The largest absolute Gasteiger partial charge is 0.493 e. The molecule has 0 bridgehead atoms. The number of hydrogen-bond donors (Lipinski definition) is 1. The number of halogens is 1. The van der Waals surface area contributed by atoms with Gasteiger partial charge in [-0.1, -0.05) is 25.3 Å². The monoisotopic (exact) mass is 396 g/mol. The molecular weight excluding hydrogens is 371 g/mol. The highest BCUT2D eigenvalue weighted by molar-refractivity contribution is 7.14. The Labute approximate surface area is 169 Å². The molecule has 1 saturated carbocycles. The summed E-state index contributed by atoms with van der Waals surface area (Å²) in [4.78, 5) is 4.62. The second kappa shape index (κ2) is 8.74. The van der Waals surface area contributed by atoms with Crippen LogP contribution < -0.4 is 10.1 Å². The van der Waals surface area contributed by atoms with Gasteiger partial charge in [-0.15, -0.1) is 11.3 Å². The fourth-order valence-corrected chi connectivity index (χ4v) is 4.34. The van der Waals surface area contributed by atoms with Crippen LogP contribution in [-0.4, -0.2) is 11.6 Å². The van der Waals surface area contributed by atoms with Crippen molar-refractivity contribution in [3.63, 3.8) is 0 Å². The van der Waals surface area contributed by atoms with Crippen LogP contribution in [0.5, 0.6) is 5.75 Å². The van der Waals surface area contributed by atoms with Gasteiger partial charge >= 0.3 is 0 Å². The van der Waals surface area contributed by atoms with Crippen molar-refractivity contribution in [2.24, 2.45) is 5.92 Å². The van der Waals surface area contributed by atoms with E-state index in [9.17, 15) is 4.39 Å². The summed E-state index contributed by atoms with van der Waals surface area (Å²) >= 11 is 1.53. The number of aromatic nitrogens is 1. The lowest BCUT2D eigenvalue weighted by atomic mass is 9.90. The Kier molecular flexibility index (Phi) is 5.91. The molecule has 4 rings (SSSR count). The molecule has 0 saturated heterocycles. The number of hydrogen-bond acceptors (Lipinski definition) is 4. The molecule has 1 fully saturated rings. The van der Waals surface area contributed by atoms with Gasteiger partial charge in [-0.3, -0.25) is 0 Å². The molecule has 1 heterocycles. The smallest absolute Gasteiger partial charge is 0.187 e. The van der Waals surface area contributed by atoms with E-state index in [1.807, 2.05) is 11.4 Å². The van der Waals surface area contributed by atoms with E-state index in [4.69, 9.17) is 4.74 Å². The summed E-state index contributed by atoms with van der Waals surface area (Å²) in [6, 6.07) is 12.6. The molecule has 28 heavy (non-hydrogen) atoms. The zero-order valence-electron chi connectivity index (χ0n) is 16.1. The minimum atomic E-state index is -0.238. The average Bonchev–Trinajstić information content (AvgIpc) is 3.18. The normalized spacial score (nSPS) is 14.8. The van der Waals surface area contributed by atoms with Gasteiger partial charge in [-0.05, 0) is 61.6 Å². The van der Waals surface area contributed by atoms with Crippen molar-refractivity contribution < 1.29 is 9.13 Å². The molecule has 1 aliphatic carbocycles. The highest BCUT2D eigenvalue weighted by atomic mass is 32.1. The molecule has 0 spiro atoms. The fourth-order valence-electron chi connectivity index (χ4n) is 3.60. The van der Waals surface area contributed by atoms with Crippen LogP contribution in [0.4, 0.5) is 15.2 Å². The maximum absolute atomic E-state index is 13.1. The topological polar surface area (TPSA) is 34.2 Å². The summed E-state index contributed by atoms with van der Waals surface area (Å²) in [6.07, 6.45) is 6.58. The summed E-state index contributed by atoms with van der Waals surface area (Å²) < 4.78 is 19.3. The Balaban J connectivity index is 1.42. The predicted octanol–water partition coefficient (Wildman–Crippen LogP) is 6.96. The summed E-state index contributed by atoms with van der Waals surface area (Å²) in [7, 11) is 0. The van der Waals surface area contributed by atoms with Crippen molar-refractivity contribution in [1.82, 2.24) is 4.98 Å². The summed E-state index contributed by atoms with van der Waals surface area (Å²) in [6.45, 7) is 2.88. The van der Waals surface area contributed by atoms with E-state index in [1.54, 1.807) is 12.1 Å². The molecule has 0 aliphatic heterocycles. The zero-order chi connectivity index (χ0) is 19.3. The number of nitrogens with one attached hydrogen (secondary N) is 1. The van der Waals surface area contributed by atoms with Gasteiger partial charge in [0.2, 0.25) is 0 Å². The Bertz CT molecular complexity index is 917. The van der Waals surface area contributed by atoms with Crippen molar-refractivity contribution >= 4 is 22.2 Å². The van der Waals surface area contributed by atoms with E-state index < -0.39 is 0 Å². The summed E-state index contributed by atoms with van der Waals surface area (Å²) in [5.74, 6) is 1.38. The van der Waals surface area contributed by atoms with Crippen molar-refractivity contribution in [3.8, 4) is 17.0 Å². The Morgan fingerprint density at radius 3 is 2.68 bits per heavy atom. The van der Waals surface area contributed by atoms with Crippen molar-refractivity contribution in [1.29, 1.82) is 0 Å². The standard InChI is InChI=1S/C23H25FN2OS/c1-16-7-12-20(13-22(16)27-14-17-5-3-2-4-6-17)25-23-26-21(15-28-23)18-8-10-19(24)11-9-18/h7-13,15,17H,2-6,14H2,1H3,(H,25,26). The predicted molar refractivity (Wildman–Crippen MR) is 114 cm³/mol. The number of rotatable bonds is 6. The van der Waals surface area contributed by atoms with E-state index >= 15 is 0 Å². The molecule has 2 aromatic carbocycles. The molecular formula is C23H25FN2OS. The van der Waals surface area contributed by atoms with E-state index in [0.29, 0.717) is 5.92 Å². The van der Waals surface area contributed by atoms with Crippen LogP contribution >= 0.6 is 11.3 Å². The SMILES string of the molecule is Cc1ccc(Nc2nc(-c3ccc(F)cc3)cs2)cc1OCC1CCCCC1. The molecule has 0 atom stereocenters. The first-order valence-electron chi connectivity index (χ1n) is 9.89. The third-order valence-corrected chi connectivity index (χ3v) is 6.04. The van der Waals surface area contributed by atoms with Crippen molar-refractivity contribution in [2.45, 2.75) is 39.0 Å². The number of thiazole rings is 1. The van der Waals surface area contributed by atoms with Crippen molar-refractivity contribution in [2.75, 3.05) is 11.9 Å². The minimum Gasteiger partial charge on any atom is -0.493 e. The number of nitrogens with zero attached hydrogens (tertiary/aromatic N) is 1. The third-order valence-electron chi connectivity index (χ3n) is 5.28. The highest BCUT2D eigenvalue weighted by Gasteiger charge is 2.15. The highest BCUT2D eigenvalue weighted by Crippen LogP contribution is 2.31. The molecule has 5 heteroatoms. The first kappa shape index (κ1) is 18.9. The van der Waals surface area contributed by atoms with E-state index in [-0.39, 0.29) is 5.82 Å². The van der Waals surface area contributed by atoms with Gasteiger partial charge in [-0.25, -0.2) is 9.37 Å². The summed E-state index contributed by atoms with van der Waals surface area (Å²) in [5.41, 5.74) is 3.86. The van der Waals surface area contributed by atoms with Gasteiger partial charge in [0.15, 0.2) is 5.13 Å². The van der Waals surface area contributed by atoms with Crippen LogP contribution in [-0.2, 0) is 0 Å². The van der Waals surface area contributed by atoms with Crippen LogP contribution in [0.1, 0.15) is 37.7 Å². The molecule has 1 aliphatic rings. The molecule has 146 valence electrons. The maximum Gasteiger partial charge on any atom is 0.187 e. The van der Waals surface area contributed by atoms with Crippen molar-refractivity contribution in [3.05, 3.63) is 59.2 Å². The quantitative estimate of drug-likeness (QED) is 0.489. The van der Waals surface area contributed by atoms with E-state index in [2.05, 4.69) is 29.4 Å². The number of anilines is 2. The second-order valence-corrected chi connectivity index (χ2v) is 8.32. The summed E-state index contributed by atoms with van der Waals surface area (Å²) in [5, 5.41) is 6.15. The first-order chi connectivity index (χ1) is 13.7. The first-order valence-corrected chi connectivity index (χ1v) is 10.8. The van der Waals surface area contributed by atoms with Crippen LogP contribution in [0.15, 0.2) is 47.8 Å². The van der Waals surface area contributed by atoms with Gasteiger partial charge in [0, 0.05) is 22.7 Å². The molecule has 3 aromatic rings. The average molecular weight is 397 g/mol.